The average molecular weight is 397 g/mol. The van der Waals surface area contributed by atoms with Crippen molar-refractivity contribution >= 4 is 23.1 Å². The number of piperazine rings is 1. The molecule has 8 heteroatoms. The Morgan fingerprint density at radius 3 is 2.57 bits per heavy atom. The predicted octanol–water partition coefficient (Wildman–Crippen LogP) is 2.88. The van der Waals surface area contributed by atoms with Crippen LogP contribution < -0.4 is 5.73 Å². The quantitative estimate of drug-likeness (QED) is 0.733. The lowest BCUT2D eigenvalue weighted by atomic mass is 10.2. The van der Waals surface area contributed by atoms with Gasteiger partial charge in [0.1, 0.15) is 5.82 Å². The van der Waals surface area contributed by atoms with E-state index < -0.39 is 0 Å². The number of hydrogen-bond donors (Lipinski definition) is 1. The Morgan fingerprint density at radius 2 is 1.82 bits per heavy atom. The van der Waals surface area contributed by atoms with E-state index in [1.54, 1.807) is 28.4 Å². The van der Waals surface area contributed by atoms with Gasteiger partial charge < -0.3 is 10.6 Å². The van der Waals surface area contributed by atoms with Gasteiger partial charge in [-0.3, -0.25) is 9.69 Å². The van der Waals surface area contributed by atoms with Crippen molar-refractivity contribution in [1.29, 1.82) is 0 Å². The fraction of sp³-hybridized carbons (Fsp3) is 0.250. The minimum absolute atomic E-state index is 0.161. The SMILES string of the molecule is Nc1nccnc1C(=O)N1CCN(Cc2ccc(-c3ccccc3F)s2)CC1. The summed E-state index contributed by atoms with van der Waals surface area (Å²) in [5.74, 6) is -0.219. The highest BCUT2D eigenvalue weighted by atomic mass is 32.1. The van der Waals surface area contributed by atoms with Crippen LogP contribution >= 0.6 is 11.3 Å². The number of nitrogen functional groups attached to an aromatic ring is 1. The predicted molar refractivity (Wildman–Crippen MR) is 107 cm³/mol. The molecule has 1 amide bonds. The van der Waals surface area contributed by atoms with Crippen molar-refractivity contribution < 1.29 is 9.18 Å². The van der Waals surface area contributed by atoms with E-state index in [1.165, 1.54) is 23.3 Å². The molecule has 1 aliphatic heterocycles. The molecule has 0 atom stereocenters. The first-order valence-corrected chi connectivity index (χ1v) is 9.85. The van der Waals surface area contributed by atoms with E-state index in [-0.39, 0.29) is 23.2 Å². The number of halogens is 1. The summed E-state index contributed by atoms with van der Waals surface area (Å²) in [6, 6.07) is 10.8. The molecule has 1 aromatic carbocycles. The lowest BCUT2D eigenvalue weighted by Gasteiger charge is -2.34. The lowest BCUT2D eigenvalue weighted by Crippen LogP contribution is -2.48. The van der Waals surface area contributed by atoms with Crippen molar-refractivity contribution in [2.24, 2.45) is 0 Å². The second-order valence-corrected chi connectivity index (χ2v) is 7.77. The van der Waals surface area contributed by atoms with Crippen LogP contribution in [0, 0.1) is 5.82 Å². The van der Waals surface area contributed by atoms with Crippen molar-refractivity contribution in [3.05, 3.63) is 65.2 Å². The minimum Gasteiger partial charge on any atom is -0.382 e. The van der Waals surface area contributed by atoms with E-state index in [2.05, 4.69) is 14.9 Å². The monoisotopic (exact) mass is 397 g/mol. The summed E-state index contributed by atoms with van der Waals surface area (Å²) >= 11 is 1.60. The number of thiophene rings is 1. The highest BCUT2D eigenvalue weighted by Crippen LogP contribution is 2.30. The van der Waals surface area contributed by atoms with Gasteiger partial charge in [0.15, 0.2) is 11.5 Å². The van der Waals surface area contributed by atoms with E-state index in [1.807, 2.05) is 18.2 Å². The van der Waals surface area contributed by atoms with E-state index in [0.717, 1.165) is 24.5 Å². The summed E-state index contributed by atoms with van der Waals surface area (Å²) in [5.41, 5.74) is 6.61. The fourth-order valence-corrected chi connectivity index (χ4v) is 4.34. The summed E-state index contributed by atoms with van der Waals surface area (Å²) in [5, 5.41) is 0. The van der Waals surface area contributed by atoms with E-state index >= 15 is 0 Å². The van der Waals surface area contributed by atoms with Gasteiger partial charge in [-0.15, -0.1) is 11.3 Å². The molecule has 2 aromatic heterocycles. The molecule has 0 unspecified atom stereocenters. The van der Waals surface area contributed by atoms with Gasteiger partial charge >= 0.3 is 0 Å². The summed E-state index contributed by atoms with van der Waals surface area (Å²) in [6.07, 6.45) is 2.95. The largest absolute Gasteiger partial charge is 0.382 e. The first-order valence-electron chi connectivity index (χ1n) is 9.03. The number of aromatic nitrogens is 2. The third kappa shape index (κ3) is 3.88. The number of rotatable bonds is 4. The molecule has 0 bridgehead atoms. The van der Waals surface area contributed by atoms with Crippen LogP contribution in [0.5, 0.6) is 0 Å². The van der Waals surface area contributed by atoms with Crippen molar-refractivity contribution in [3.8, 4) is 10.4 Å². The van der Waals surface area contributed by atoms with E-state index in [4.69, 9.17) is 5.73 Å². The third-order valence-corrected chi connectivity index (χ3v) is 5.87. The van der Waals surface area contributed by atoms with Crippen LogP contribution in [0.4, 0.5) is 10.2 Å². The maximum atomic E-state index is 14.0. The first-order chi connectivity index (χ1) is 13.6. The highest BCUT2D eigenvalue weighted by molar-refractivity contribution is 7.15. The molecule has 28 heavy (non-hydrogen) atoms. The first kappa shape index (κ1) is 18.5. The Labute approximate surface area is 166 Å². The van der Waals surface area contributed by atoms with Gasteiger partial charge in [0.25, 0.3) is 5.91 Å². The summed E-state index contributed by atoms with van der Waals surface area (Å²) < 4.78 is 14.0. The van der Waals surface area contributed by atoms with Gasteiger partial charge in [-0.1, -0.05) is 18.2 Å². The normalized spacial score (nSPS) is 15.0. The Hall–Kier alpha value is -2.84. The van der Waals surface area contributed by atoms with Gasteiger partial charge in [0.2, 0.25) is 0 Å². The molecule has 0 saturated carbocycles. The molecule has 4 rings (SSSR count). The third-order valence-electron chi connectivity index (χ3n) is 4.77. The molecule has 3 aromatic rings. The molecule has 144 valence electrons. The summed E-state index contributed by atoms with van der Waals surface area (Å²) in [7, 11) is 0. The van der Waals surface area contributed by atoms with Gasteiger partial charge in [-0.05, 0) is 18.2 Å². The molecule has 0 spiro atoms. The van der Waals surface area contributed by atoms with Crippen LogP contribution in [0.3, 0.4) is 0 Å². The van der Waals surface area contributed by atoms with Crippen LogP contribution in [-0.2, 0) is 6.54 Å². The van der Waals surface area contributed by atoms with Crippen LogP contribution in [0.25, 0.3) is 10.4 Å². The molecular weight excluding hydrogens is 377 g/mol. The number of nitrogens with zero attached hydrogens (tertiary/aromatic N) is 4. The zero-order valence-electron chi connectivity index (χ0n) is 15.2. The van der Waals surface area contributed by atoms with Crippen molar-refractivity contribution in [1.82, 2.24) is 19.8 Å². The number of nitrogens with two attached hydrogens (primary N) is 1. The Bertz CT molecular complexity index is 984. The Morgan fingerprint density at radius 1 is 1.07 bits per heavy atom. The van der Waals surface area contributed by atoms with Gasteiger partial charge in [-0.2, -0.15) is 0 Å². The topological polar surface area (TPSA) is 75.3 Å². The van der Waals surface area contributed by atoms with Gasteiger partial charge in [0, 0.05) is 60.4 Å². The maximum absolute atomic E-state index is 14.0. The van der Waals surface area contributed by atoms with Crippen molar-refractivity contribution in [3.63, 3.8) is 0 Å². The smallest absolute Gasteiger partial charge is 0.276 e. The molecule has 1 saturated heterocycles. The molecule has 2 N–H and O–H groups in total. The number of hydrogen-bond acceptors (Lipinski definition) is 6. The van der Waals surface area contributed by atoms with Crippen LogP contribution in [0.2, 0.25) is 0 Å². The molecule has 6 nitrogen and oxygen atoms in total. The Kier molecular flexibility index (Phi) is 5.31. The van der Waals surface area contributed by atoms with Crippen molar-refractivity contribution in [2.75, 3.05) is 31.9 Å². The second-order valence-electron chi connectivity index (χ2n) is 6.60. The van der Waals surface area contributed by atoms with Crippen molar-refractivity contribution in [2.45, 2.75) is 6.54 Å². The molecular formula is C20H20FN5OS. The number of amides is 1. The van der Waals surface area contributed by atoms with Crippen LogP contribution in [0.15, 0.2) is 48.8 Å². The fourth-order valence-electron chi connectivity index (χ4n) is 3.26. The molecule has 3 heterocycles. The number of carbonyl (C=O) groups is 1. The standard InChI is InChI=1S/C20H20FN5OS/c21-16-4-2-1-3-15(16)17-6-5-14(28-17)13-25-9-11-26(12-10-25)20(27)18-19(22)24-8-7-23-18/h1-8H,9-13H2,(H2,22,24). The Balaban J connectivity index is 1.36. The lowest BCUT2D eigenvalue weighted by molar-refractivity contribution is 0.0624. The molecule has 0 aliphatic carbocycles. The summed E-state index contributed by atoms with van der Waals surface area (Å²) in [4.78, 5) is 26.7. The van der Waals surface area contributed by atoms with Gasteiger partial charge in [0.05, 0.1) is 0 Å². The van der Waals surface area contributed by atoms with Crippen LogP contribution in [0.1, 0.15) is 15.4 Å². The zero-order chi connectivity index (χ0) is 19.5. The average Bonchev–Trinajstić information content (AvgIpc) is 3.17. The number of carbonyl (C=O) groups excluding carboxylic acids is 1. The molecule has 1 fully saturated rings. The highest BCUT2D eigenvalue weighted by Gasteiger charge is 2.25. The molecule has 1 aliphatic rings. The number of benzene rings is 1. The van der Waals surface area contributed by atoms with E-state index in [9.17, 15) is 9.18 Å². The van der Waals surface area contributed by atoms with Gasteiger partial charge in [-0.25, -0.2) is 14.4 Å². The molecule has 0 radical (unpaired) electrons. The van der Waals surface area contributed by atoms with E-state index in [0.29, 0.717) is 18.7 Å². The zero-order valence-corrected chi connectivity index (χ0v) is 16.0. The summed E-state index contributed by atoms with van der Waals surface area (Å²) in [6.45, 7) is 3.53. The maximum Gasteiger partial charge on any atom is 0.276 e. The minimum atomic E-state index is -0.202. The van der Waals surface area contributed by atoms with Crippen LogP contribution in [-0.4, -0.2) is 51.9 Å². The number of anilines is 1. The second kappa shape index (κ2) is 8.04.